The van der Waals surface area contributed by atoms with Gasteiger partial charge in [0.05, 0.1) is 0 Å². The molecule has 4 nitrogen and oxygen atoms in total. The van der Waals surface area contributed by atoms with Gasteiger partial charge in [-0.1, -0.05) is 6.92 Å². The number of hydrogen-bond donors (Lipinski definition) is 2. The average Bonchev–Trinajstić information content (AvgIpc) is 3.32. The Balaban J connectivity index is 1.73. The Kier molecular flexibility index (Phi) is 6.06. The zero-order valence-corrected chi connectivity index (χ0v) is 13.7. The first-order chi connectivity index (χ1) is 10.0. The summed E-state index contributed by atoms with van der Waals surface area (Å²) in [7, 11) is 0. The maximum absolute atomic E-state index is 11.5. The highest BCUT2D eigenvalue weighted by atomic mass is 16.4. The van der Waals surface area contributed by atoms with Crippen LogP contribution in [0.5, 0.6) is 0 Å². The van der Waals surface area contributed by atoms with E-state index in [0.717, 1.165) is 37.8 Å². The molecule has 2 aliphatic carbocycles. The molecule has 0 aromatic carbocycles. The smallest absolute Gasteiger partial charge is 0.323 e. The zero-order chi connectivity index (χ0) is 15.3. The van der Waals surface area contributed by atoms with Gasteiger partial charge in [0.15, 0.2) is 0 Å². The van der Waals surface area contributed by atoms with Crippen molar-refractivity contribution in [2.45, 2.75) is 64.3 Å². The van der Waals surface area contributed by atoms with Crippen LogP contribution in [0.15, 0.2) is 0 Å². The second kappa shape index (κ2) is 7.59. The van der Waals surface area contributed by atoms with Gasteiger partial charge in [0.25, 0.3) is 0 Å². The predicted molar refractivity (Wildman–Crippen MR) is 85.5 cm³/mol. The Labute approximate surface area is 129 Å². The van der Waals surface area contributed by atoms with Gasteiger partial charge in [-0.25, -0.2) is 0 Å². The molecule has 1 unspecified atom stereocenters. The zero-order valence-electron chi connectivity index (χ0n) is 13.7. The summed E-state index contributed by atoms with van der Waals surface area (Å²) < 4.78 is 0. The van der Waals surface area contributed by atoms with Gasteiger partial charge in [0.1, 0.15) is 5.54 Å². The highest BCUT2D eigenvalue weighted by Crippen LogP contribution is 2.33. The normalized spacial score (nSPS) is 21.5. The minimum Gasteiger partial charge on any atom is -0.480 e. The van der Waals surface area contributed by atoms with E-state index in [-0.39, 0.29) is 0 Å². The van der Waals surface area contributed by atoms with E-state index < -0.39 is 11.5 Å². The van der Waals surface area contributed by atoms with Crippen molar-refractivity contribution in [1.29, 1.82) is 0 Å². The third-order valence-corrected chi connectivity index (χ3v) is 4.81. The second-order valence-electron chi connectivity index (χ2n) is 7.31. The average molecular weight is 296 g/mol. The van der Waals surface area contributed by atoms with Crippen LogP contribution in [0, 0.1) is 11.8 Å². The lowest BCUT2D eigenvalue weighted by Crippen LogP contribution is -2.50. The van der Waals surface area contributed by atoms with E-state index in [2.05, 4.69) is 17.1 Å². The number of nitrogens with one attached hydrogen (secondary N) is 1. The third kappa shape index (κ3) is 5.95. The molecule has 0 saturated heterocycles. The third-order valence-electron chi connectivity index (χ3n) is 4.81. The van der Waals surface area contributed by atoms with Crippen molar-refractivity contribution in [3.05, 3.63) is 0 Å². The molecule has 0 amide bonds. The fourth-order valence-electron chi connectivity index (χ4n) is 2.92. The molecule has 2 rings (SSSR count). The van der Waals surface area contributed by atoms with Gasteiger partial charge >= 0.3 is 5.97 Å². The lowest BCUT2D eigenvalue weighted by molar-refractivity contribution is -0.144. The van der Waals surface area contributed by atoms with Crippen molar-refractivity contribution < 1.29 is 9.90 Å². The van der Waals surface area contributed by atoms with Gasteiger partial charge in [-0.3, -0.25) is 4.79 Å². The maximum Gasteiger partial charge on any atom is 0.323 e. The molecule has 2 aliphatic rings. The second-order valence-corrected chi connectivity index (χ2v) is 7.31. The lowest BCUT2D eigenvalue weighted by Gasteiger charge is -2.28. The minimum absolute atomic E-state index is 0.716. The molecular formula is C17H32N2O2. The summed E-state index contributed by atoms with van der Waals surface area (Å²) in [5.74, 6) is 1.13. The van der Waals surface area contributed by atoms with Crippen molar-refractivity contribution >= 4 is 5.97 Å². The summed E-state index contributed by atoms with van der Waals surface area (Å²) >= 11 is 0. The summed E-state index contributed by atoms with van der Waals surface area (Å²) in [6.45, 7) is 8.21. The minimum atomic E-state index is -0.763. The van der Waals surface area contributed by atoms with E-state index >= 15 is 0 Å². The Morgan fingerprint density at radius 2 is 1.81 bits per heavy atom. The number of aliphatic carboxylic acids is 1. The van der Waals surface area contributed by atoms with E-state index in [1.807, 2.05) is 6.92 Å². The SMILES string of the molecule is CCCNC(C)(CCCN(CC1CC1)CC1CC1)C(=O)O. The summed E-state index contributed by atoms with van der Waals surface area (Å²) in [4.78, 5) is 14.1. The van der Waals surface area contributed by atoms with Crippen LogP contribution in [0.1, 0.15) is 58.8 Å². The van der Waals surface area contributed by atoms with Crippen LogP contribution in [0.4, 0.5) is 0 Å². The Bertz CT molecular complexity index is 326. The molecule has 0 aliphatic heterocycles. The highest BCUT2D eigenvalue weighted by Gasteiger charge is 2.33. The van der Waals surface area contributed by atoms with E-state index in [1.165, 1.54) is 38.8 Å². The Hall–Kier alpha value is -0.610. The molecule has 2 fully saturated rings. The summed E-state index contributed by atoms with van der Waals surface area (Å²) in [5.41, 5.74) is -0.763. The van der Waals surface area contributed by atoms with Crippen molar-refractivity contribution in [2.24, 2.45) is 11.8 Å². The van der Waals surface area contributed by atoms with E-state index in [4.69, 9.17) is 0 Å². The molecule has 0 heterocycles. The standard InChI is InChI=1S/C17H32N2O2/c1-3-10-18-17(2,16(20)21)9-4-11-19(12-14-5-6-14)13-15-7-8-15/h14-15,18H,3-13H2,1-2H3,(H,20,21). The van der Waals surface area contributed by atoms with Crippen LogP contribution in [-0.2, 0) is 4.79 Å². The quantitative estimate of drug-likeness (QED) is 0.581. The molecule has 122 valence electrons. The number of carboxylic acids is 1. The fraction of sp³-hybridized carbons (Fsp3) is 0.941. The first-order valence-electron chi connectivity index (χ1n) is 8.74. The van der Waals surface area contributed by atoms with Crippen molar-refractivity contribution in [3.63, 3.8) is 0 Å². The van der Waals surface area contributed by atoms with Gasteiger partial charge < -0.3 is 15.3 Å². The predicted octanol–water partition coefficient (Wildman–Crippen LogP) is 2.73. The van der Waals surface area contributed by atoms with Crippen LogP contribution < -0.4 is 5.32 Å². The first kappa shape index (κ1) is 16.8. The monoisotopic (exact) mass is 296 g/mol. The van der Waals surface area contributed by atoms with Crippen molar-refractivity contribution in [2.75, 3.05) is 26.2 Å². The van der Waals surface area contributed by atoms with E-state index in [0.29, 0.717) is 6.42 Å². The molecule has 0 aromatic heterocycles. The highest BCUT2D eigenvalue weighted by molar-refractivity contribution is 5.78. The van der Waals surface area contributed by atoms with Gasteiger partial charge in [-0.05, 0) is 76.8 Å². The van der Waals surface area contributed by atoms with Crippen LogP contribution in [0.25, 0.3) is 0 Å². The molecule has 1 atom stereocenters. The molecule has 0 radical (unpaired) electrons. The largest absolute Gasteiger partial charge is 0.480 e. The van der Waals surface area contributed by atoms with Crippen LogP contribution in [0.3, 0.4) is 0 Å². The molecule has 4 heteroatoms. The first-order valence-corrected chi connectivity index (χ1v) is 8.74. The van der Waals surface area contributed by atoms with Crippen LogP contribution in [-0.4, -0.2) is 47.7 Å². The molecule has 2 N–H and O–H groups in total. The Morgan fingerprint density at radius 1 is 1.24 bits per heavy atom. The molecule has 0 bridgehead atoms. The summed E-state index contributed by atoms with van der Waals surface area (Å²) in [6, 6.07) is 0. The topological polar surface area (TPSA) is 52.6 Å². The van der Waals surface area contributed by atoms with Gasteiger partial charge in [0, 0.05) is 13.1 Å². The van der Waals surface area contributed by atoms with Crippen LogP contribution >= 0.6 is 0 Å². The summed E-state index contributed by atoms with van der Waals surface area (Å²) in [6.07, 6.45) is 8.24. The Morgan fingerprint density at radius 3 is 2.24 bits per heavy atom. The fourth-order valence-corrected chi connectivity index (χ4v) is 2.92. The molecule has 2 saturated carbocycles. The lowest BCUT2D eigenvalue weighted by atomic mass is 9.95. The molecule has 0 aromatic rings. The van der Waals surface area contributed by atoms with Crippen molar-refractivity contribution in [1.82, 2.24) is 10.2 Å². The maximum atomic E-state index is 11.5. The number of carboxylic acid groups (broad SMARTS) is 1. The van der Waals surface area contributed by atoms with Gasteiger partial charge in [0.2, 0.25) is 0 Å². The van der Waals surface area contributed by atoms with Crippen LogP contribution in [0.2, 0.25) is 0 Å². The van der Waals surface area contributed by atoms with E-state index in [1.54, 1.807) is 0 Å². The number of carbonyl (C=O) groups is 1. The number of nitrogens with zero attached hydrogens (tertiary/aromatic N) is 1. The van der Waals surface area contributed by atoms with Gasteiger partial charge in [-0.2, -0.15) is 0 Å². The number of rotatable bonds is 12. The van der Waals surface area contributed by atoms with E-state index in [9.17, 15) is 9.90 Å². The van der Waals surface area contributed by atoms with Crippen molar-refractivity contribution in [3.8, 4) is 0 Å². The summed E-state index contributed by atoms with van der Waals surface area (Å²) in [5, 5.41) is 12.7. The molecule has 21 heavy (non-hydrogen) atoms. The van der Waals surface area contributed by atoms with Gasteiger partial charge in [-0.15, -0.1) is 0 Å². The number of hydrogen-bond acceptors (Lipinski definition) is 3. The molecule has 0 spiro atoms. The molecular weight excluding hydrogens is 264 g/mol.